The number of ether oxygens (including phenoxy) is 1. The van der Waals surface area contributed by atoms with Gasteiger partial charge in [0.15, 0.2) is 0 Å². The van der Waals surface area contributed by atoms with Crippen LogP contribution in [0.15, 0.2) is 24.3 Å². The number of carbonyl (C=O) groups is 1. The Kier molecular flexibility index (Phi) is 5.01. The molecule has 1 fully saturated rings. The van der Waals surface area contributed by atoms with Crippen LogP contribution in [0.2, 0.25) is 0 Å². The summed E-state index contributed by atoms with van der Waals surface area (Å²) in [5, 5.41) is 2.82. The molecule has 19 heavy (non-hydrogen) atoms. The lowest BCUT2D eigenvalue weighted by atomic mass is 10.1. The fraction of sp³-hybridized carbons (Fsp3) is 0.500. The van der Waals surface area contributed by atoms with Gasteiger partial charge in [-0.3, -0.25) is 0 Å². The number of nitrogens with one attached hydrogen (secondary N) is 1. The molecule has 0 aromatic heterocycles. The summed E-state index contributed by atoms with van der Waals surface area (Å²) in [6, 6.07) is 5.81. The smallest absolute Gasteiger partial charge is 0.317 e. The second kappa shape index (κ2) is 6.97. The van der Waals surface area contributed by atoms with E-state index in [4.69, 9.17) is 4.74 Å². The Bertz CT molecular complexity index is 402. The summed E-state index contributed by atoms with van der Waals surface area (Å²) < 4.78 is 18.1. The fourth-order valence-corrected chi connectivity index (χ4v) is 2.07. The SMILES string of the molecule is O=C(NCCOc1ccc(F)cc1)N1CCCCC1. The summed E-state index contributed by atoms with van der Waals surface area (Å²) in [6.45, 7) is 2.51. The molecule has 0 atom stereocenters. The molecule has 1 aliphatic heterocycles. The van der Waals surface area contributed by atoms with Gasteiger partial charge in [0.25, 0.3) is 0 Å². The number of hydrogen-bond acceptors (Lipinski definition) is 2. The van der Waals surface area contributed by atoms with E-state index >= 15 is 0 Å². The minimum absolute atomic E-state index is 0.0255. The van der Waals surface area contributed by atoms with E-state index < -0.39 is 0 Å². The molecule has 5 heteroatoms. The maximum absolute atomic E-state index is 12.7. The third kappa shape index (κ3) is 4.43. The zero-order chi connectivity index (χ0) is 13.5. The highest BCUT2D eigenvalue weighted by molar-refractivity contribution is 5.74. The Hall–Kier alpha value is -1.78. The van der Waals surface area contributed by atoms with E-state index in [2.05, 4.69) is 5.32 Å². The Balaban J connectivity index is 1.63. The van der Waals surface area contributed by atoms with Gasteiger partial charge in [-0.25, -0.2) is 9.18 Å². The summed E-state index contributed by atoms with van der Waals surface area (Å²) in [5.41, 5.74) is 0. The van der Waals surface area contributed by atoms with Crippen LogP contribution in [-0.2, 0) is 0 Å². The zero-order valence-electron chi connectivity index (χ0n) is 10.9. The second-order valence-electron chi connectivity index (χ2n) is 4.58. The lowest BCUT2D eigenvalue weighted by Crippen LogP contribution is -2.43. The van der Waals surface area contributed by atoms with Gasteiger partial charge in [0.2, 0.25) is 0 Å². The number of urea groups is 1. The van der Waals surface area contributed by atoms with Gasteiger partial charge in [-0.15, -0.1) is 0 Å². The molecular weight excluding hydrogens is 247 g/mol. The van der Waals surface area contributed by atoms with E-state index in [0.717, 1.165) is 25.9 Å². The average Bonchev–Trinajstić information content (AvgIpc) is 2.46. The quantitative estimate of drug-likeness (QED) is 0.850. The highest BCUT2D eigenvalue weighted by Crippen LogP contribution is 2.10. The predicted octanol–water partition coefficient (Wildman–Crippen LogP) is 2.40. The first-order valence-corrected chi connectivity index (χ1v) is 6.67. The Labute approximate surface area is 112 Å². The normalized spacial score (nSPS) is 15.1. The van der Waals surface area contributed by atoms with Gasteiger partial charge in [-0.1, -0.05) is 0 Å². The molecule has 0 radical (unpaired) electrons. The van der Waals surface area contributed by atoms with Gasteiger partial charge in [0, 0.05) is 13.1 Å². The monoisotopic (exact) mass is 266 g/mol. The molecule has 2 rings (SSSR count). The highest BCUT2D eigenvalue weighted by Gasteiger charge is 2.15. The third-order valence-electron chi connectivity index (χ3n) is 3.10. The maximum atomic E-state index is 12.7. The molecule has 0 spiro atoms. The molecule has 104 valence electrons. The van der Waals surface area contributed by atoms with Gasteiger partial charge in [-0.2, -0.15) is 0 Å². The molecule has 0 bridgehead atoms. The number of benzene rings is 1. The Morgan fingerprint density at radius 2 is 1.89 bits per heavy atom. The number of amides is 2. The van der Waals surface area contributed by atoms with Crippen LogP contribution in [0.4, 0.5) is 9.18 Å². The molecule has 1 aromatic carbocycles. The van der Waals surface area contributed by atoms with Crippen LogP contribution in [0.3, 0.4) is 0 Å². The van der Waals surface area contributed by atoms with Gasteiger partial charge < -0.3 is 15.0 Å². The highest BCUT2D eigenvalue weighted by atomic mass is 19.1. The van der Waals surface area contributed by atoms with Crippen molar-refractivity contribution in [1.82, 2.24) is 10.2 Å². The molecule has 0 saturated carbocycles. The topological polar surface area (TPSA) is 41.6 Å². The van der Waals surface area contributed by atoms with Crippen LogP contribution in [0.1, 0.15) is 19.3 Å². The number of halogens is 1. The molecule has 1 N–H and O–H groups in total. The minimum Gasteiger partial charge on any atom is -0.492 e. The zero-order valence-corrected chi connectivity index (χ0v) is 10.9. The van der Waals surface area contributed by atoms with E-state index in [1.54, 1.807) is 12.1 Å². The first-order chi connectivity index (χ1) is 9.25. The molecule has 0 unspecified atom stereocenters. The van der Waals surface area contributed by atoms with Crippen LogP contribution < -0.4 is 10.1 Å². The summed E-state index contributed by atoms with van der Waals surface area (Å²) >= 11 is 0. The largest absolute Gasteiger partial charge is 0.492 e. The van der Waals surface area contributed by atoms with Crippen LogP contribution in [0.25, 0.3) is 0 Å². The maximum Gasteiger partial charge on any atom is 0.317 e. The van der Waals surface area contributed by atoms with Crippen LogP contribution in [0.5, 0.6) is 5.75 Å². The van der Waals surface area contributed by atoms with Crippen molar-refractivity contribution in [1.29, 1.82) is 0 Å². The van der Waals surface area contributed by atoms with Crippen molar-refractivity contribution in [3.05, 3.63) is 30.1 Å². The standard InChI is InChI=1S/C14H19FN2O2/c15-12-4-6-13(7-5-12)19-11-8-16-14(18)17-9-2-1-3-10-17/h4-7H,1-3,8-11H2,(H,16,18). The summed E-state index contributed by atoms with van der Waals surface area (Å²) in [5.74, 6) is 0.319. The number of piperidine rings is 1. The molecule has 1 saturated heterocycles. The second-order valence-corrected chi connectivity index (χ2v) is 4.58. The van der Waals surface area contributed by atoms with Crippen molar-refractivity contribution in [3.63, 3.8) is 0 Å². The van der Waals surface area contributed by atoms with Crippen molar-refractivity contribution in [2.45, 2.75) is 19.3 Å². The lowest BCUT2D eigenvalue weighted by molar-refractivity contribution is 0.184. The average molecular weight is 266 g/mol. The summed E-state index contributed by atoms with van der Waals surface area (Å²) in [7, 11) is 0. The molecule has 0 aliphatic carbocycles. The van der Waals surface area contributed by atoms with Crippen molar-refractivity contribution < 1.29 is 13.9 Å². The molecule has 1 aliphatic rings. The van der Waals surface area contributed by atoms with Gasteiger partial charge in [-0.05, 0) is 43.5 Å². The number of likely N-dealkylation sites (tertiary alicyclic amines) is 1. The Morgan fingerprint density at radius 3 is 2.58 bits per heavy atom. The molecule has 2 amide bonds. The van der Waals surface area contributed by atoms with Crippen molar-refractivity contribution in [2.75, 3.05) is 26.2 Å². The Morgan fingerprint density at radius 1 is 1.21 bits per heavy atom. The molecular formula is C14H19FN2O2. The van der Waals surface area contributed by atoms with Crippen molar-refractivity contribution in [2.24, 2.45) is 0 Å². The van der Waals surface area contributed by atoms with Crippen LogP contribution in [0, 0.1) is 5.82 Å². The van der Waals surface area contributed by atoms with Crippen molar-refractivity contribution >= 4 is 6.03 Å². The first-order valence-electron chi connectivity index (χ1n) is 6.67. The van der Waals surface area contributed by atoms with Gasteiger partial charge in [0.05, 0.1) is 6.54 Å². The van der Waals surface area contributed by atoms with Gasteiger partial charge >= 0.3 is 6.03 Å². The number of rotatable bonds is 4. The third-order valence-corrected chi connectivity index (χ3v) is 3.10. The minimum atomic E-state index is -0.286. The fourth-order valence-electron chi connectivity index (χ4n) is 2.07. The van der Waals surface area contributed by atoms with E-state index in [1.165, 1.54) is 18.6 Å². The first kappa shape index (κ1) is 13.6. The van der Waals surface area contributed by atoms with Gasteiger partial charge in [0.1, 0.15) is 18.2 Å². The van der Waals surface area contributed by atoms with E-state index in [1.807, 2.05) is 4.90 Å². The molecule has 1 heterocycles. The van der Waals surface area contributed by atoms with Crippen molar-refractivity contribution in [3.8, 4) is 5.75 Å². The van der Waals surface area contributed by atoms with E-state index in [-0.39, 0.29) is 11.8 Å². The summed E-state index contributed by atoms with van der Waals surface area (Å²) in [4.78, 5) is 13.6. The van der Waals surface area contributed by atoms with E-state index in [0.29, 0.717) is 18.9 Å². The van der Waals surface area contributed by atoms with Crippen LogP contribution >= 0.6 is 0 Å². The lowest BCUT2D eigenvalue weighted by Gasteiger charge is -2.26. The molecule has 1 aromatic rings. The number of carbonyl (C=O) groups excluding carboxylic acids is 1. The van der Waals surface area contributed by atoms with Crippen LogP contribution in [-0.4, -0.2) is 37.2 Å². The summed E-state index contributed by atoms with van der Waals surface area (Å²) in [6.07, 6.45) is 3.37. The number of hydrogen-bond donors (Lipinski definition) is 1. The van der Waals surface area contributed by atoms with E-state index in [9.17, 15) is 9.18 Å². The predicted molar refractivity (Wildman–Crippen MR) is 70.7 cm³/mol. The molecule has 4 nitrogen and oxygen atoms in total. The number of nitrogens with zero attached hydrogens (tertiary/aromatic N) is 1.